The maximum atomic E-state index is 13.5. The minimum Gasteiger partial charge on any atom is -0.491 e. The van der Waals surface area contributed by atoms with Crippen LogP contribution in [-0.2, 0) is 11.2 Å². The van der Waals surface area contributed by atoms with E-state index in [1.807, 2.05) is 73.3 Å². The maximum absolute atomic E-state index is 13.5. The Hall–Kier alpha value is -3.12. The normalized spacial score (nSPS) is 15.1. The zero-order valence-electron chi connectivity index (χ0n) is 19.2. The summed E-state index contributed by atoms with van der Waals surface area (Å²) in [5.74, 6) is 0.646. The molecule has 2 aromatic carbocycles. The van der Waals surface area contributed by atoms with Crippen LogP contribution in [0.15, 0.2) is 66.0 Å². The van der Waals surface area contributed by atoms with Gasteiger partial charge in [-0.3, -0.25) is 9.59 Å². The molecule has 2 heterocycles. The number of hydrogen-bond acceptors (Lipinski definition) is 4. The standard InChI is InChI=1S/C27H30N2O3S/c1-3-15-28(27(31)21-11-9-20(2)10-12-21)18-26(30)29-16-13-25-23(14-17-33-25)24(29)19-32-22-7-5-4-6-8-22/h4-12,14,17,24H,3,13,15-16,18-19H2,1-2H3. The van der Waals surface area contributed by atoms with Gasteiger partial charge in [0.15, 0.2) is 0 Å². The van der Waals surface area contributed by atoms with Gasteiger partial charge in [0, 0.05) is 23.5 Å². The monoisotopic (exact) mass is 462 g/mol. The lowest BCUT2D eigenvalue weighted by Gasteiger charge is -2.37. The van der Waals surface area contributed by atoms with E-state index in [0.29, 0.717) is 25.3 Å². The Morgan fingerprint density at radius 2 is 1.85 bits per heavy atom. The third-order valence-corrected chi connectivity index (χ3v) is 6.97. The van der Waals surface area contributed by atoms with Gasteiger partial charge in [-0.25, -0.2) is 0 Å². The Morgan fingerprint density at radius 1 is 1.09 bits per heavy atom. The summed E-state index contributed by atoms with van der Waals surface area (Å²) >= 11 is 1.73. The summed E-state index contributed by atoms with van der Waals surface area (Å²) in [6.07, 6.45) is 1.63. The summed E-state index contributed by atoms with van der Waals surface area (Å²) in [6, 6.07) is 19.1. The first-order chi connectivity index (χ1) is 16.1. The third-order valence-electron chi connectivity index (χ3n) is 5.97. The molecule has 0 N–H and O–H groups in total. The zero-order valence-corrected chi connectivity index (χ0v) is 20.0. The van der Waals surface area contributed by atoms with Crippen molar-refractivity contribution in [1.82, 2.24) is 9.80 Å². The fraction of sp³-hybridized carbons (Fsp3) is 0.333. The molecule has 2 amide bonds. The largest absolute Gasteiger partial charge is 0.491 e. The van der Waals surface area contributed by atoms with E-state index in [2.05, 4.69) is 11.4 Å². The number of amides is 2. The van der Waals surface area contributed by atoms with Crippen molar-refractivity contribution in [1.29, 1.82) is 0 Å². The first-order valence-electron chi connectivity index (χ1n) is 11.5. The Bertz CT molecular complexity index is 1080. The highest BCUT2D eigenvalue weighted by molar-refractivity contribution is 7.10. The van der Waals surface area contributed by atoms with E-state index in [9.17, 15) is 9.59 Å². The van der Waals surface area contributed by atoms with Crippen molar-refractivity contribution in [3.05, 3.63) is 87.6 Å². The van der Waals surface area contributed by atoms with Gasteiger partial charge in [0.1, 0.15) is 18.9 Å². The van der Waals surface area contributed by atoms with E-state index in [1.54, 1.807) is 16.2 Å². The minimum atomic E-state index is -0.161. The highest BCUT2D eigenvalue weighted by Crippen LogP contribution is 2.34. The van der Waals surface area contributed by atoms with Crippen LogP contribution in [0.5, 0.6) is 5.75 Å². The lowest BCUT2D eigenvalue weighted by Crippen LogP contribution is -2.48. The van der Waals surface area contributed by atoms with E-state index in [4.69, 9.17) is 4.74 Å². The lowest BCUT2D eigenvalue weighted by molar-refractivity contribution is -0.135. The van der Waals surface area contributed by atoms with Crippen molar-refractivity contribution in [3.8, 4) is 5.75 Å². The van der Waals surface area contributed by atoms with Crippen LogP contribution in [0.4, 0.5) is 0 Å². The highest BCUT2D eigenvalue weighted by Gasteiger charge is 2.33. The molecule has 33 heavy (non-hydrogen) atoms. The summed E-state index contributed by atoms with van der Waals surface area (Å²) in [5, 5.41) is 2.08. The second kappa shape index (κ2) is 10.7. The number of benzene rings is 2. The second-order valence-corrected chi connectivity index (χ2v) is 9.37. The Labute approximate surface area is 199 Å². The molecule has 172 valence electrons. The molecule has 0 saturated carbocycles. The number of fused-ring (bicyclic) bond motifs is 1. The number of carbonyl (C=O) groups is 2. The molecule has 6 heteroatoms. The van der Waals surface area contributed by atoms with Gasteiger partial charge < -0.3 is 14.5 Å². The van der Waals surface area contributed by atoms with Gasteiger partial charge in [0.25, 0.3) is 5.91 Å². The molecular weight excluding hydrogens is 432 g/mol. The molecule has 1 aromatic heterocycles. The van der Waals surface area contributed by atoms with Crippen LogP contribution < -0.4 is 4.74 Å². The molecule has 4 rings (SSSR count). The quantitative estimate of drug-likeness (QED) is 0.467. The highest BCUT2D eigenvalue weighted by atomic mass is 32.1. The number of hydrogen-bond donors (Lipinski definition) is 0. The van der Waals surface area contributed by atoms with Gasteiger partial charge >= 0.3 is 0 Å². The summed E-state index contributed by atoms with van der Waals surface area (Å²) in [4.78, 5) is 31.5. The van der Waals surface area contributed by atoms with Crippen LogP contribution >= 0.6 is 11.3 Å². The number of nitrogens with zero attached hydrogens (tertiary/aromatic N) is 2. The molecule has 0 radical (unpaired) electrons. The number of para-hydroxylation sites is 1. The van der Waals surface area contributed by atoms with Crippen LogP contribution in [0.25, 0.3) is 0 Å². The van der Waals surface area contributed by atoms with Crippen LogP contribution in [0, 0.1) is 6.92 Å². The molecule has 0 fully saturated rings. The summed E-state index contributed by atoms with van der Waals surface area (Å²) in [6.45, 7) is 5.65. The molecule has 1 aliphatic rings. The lowest BCUT2D eigenvalue weighted by atomic mass is 10.0. The van der Waals surface area contributed by atoms with Crippen molar-refractivity contribution in [2.75, 3.05) is 26.2 Å². The van der Waals surface area contributed by atoms with Gasteiger partial charge in [-0.1, -0.05) is 42.8 Å². The van der Waals surface area contributed by atoms with Crippen molar-refractivity contribution >= 4 is 23.2 Å². The van der Waals surface area contributed by atoms with E-state index < -0.39 is 0 Å². The van der Waals surface area contributed by atoms with Crippen molar-refractivity contribution < 1.29 is 14.3 Å². The van der Waals surface area contributed by atoms with Gasteiger partial charge in [-0.15, -0.1) is 11.3 Å². The van der Waals surface area contributed by atoms with Crippen molar-refractivity contribution in [3.63, 3.8) is 0 Å². The topological polar surface area (TPSA) is 49.9 Å². The number of thiophene rings is 1. The fourth-order valence-electron chi connectivity index (χ4n) is 4.22. The Balaban J connectivity index is 1.51. The first-order valence-corrected chi connectivity index (χ1v) is 12.3. The summed E-state index contributed by atoms with van der Waals surface area (Å²) in [5.41, 5.74) is 2.87. The van der Waals surface area contributed by atoms with Gasteiger partial charge in [-0.05, 0) is 61.0 Å². The molecule has 1 aliphatic heterocycles. The third kappa shape index (κ3) is 5.45. The summed E-state index contributed by atoms with van der Waals surface area (Å²) in [7, 11) is 0. The van der Waals surface area contributed by atoms with Crippen LogP contribution in [-0.4, -0.2) is 47.9 Å². The average molecular weight is 463 g/mol. The molecule has 0 aliphatic carbocycles. The smallest absolute Gasteiger partial charge is 0.254 e. The minimum absolute atomic E-state index is 0.0394. The first kappa shape index (κ1) is 23.1. The Morgan fingerprint density at radius 3 is 2.58 bits per heavy atom. The second-order valence-electron chi connectivity index (χ2n) is 8.37. The molecule has 1 atom stereocenters. The maximum Gasteiger partial charge on any atom is 0.254 e. The number of carbonyl (C=O) groups excluding carboxylic acids is 2. The van der Waals surface area contributed by atoms with Crippen molar-refractivity contribution in [2.45, 2.75) is 32.7 Å². The number of rotatable bonds is 8. The van der Waals surface area contributed by atoms with Crippen LogP contribution in [0.2, 0.25) is 0 Å². The van der Waals surface area contributed by atoms with E-state index in [1.165, 1.54) is 4.88 Å². The number of aryl methyl sites for hydroxylation is 1. The Kier molecular flexibility index (Phi) is 7.45. The molecule has 5 nitrogen and oxygen atoms in total. The van der Waals surface area contributed by atoms with Gasteiger partial charge in [0.05, 0.1) is 6.04 Å². The molecule has 0 saturated heterocycles. The van der Waals surface area contributed by atoms with E-state index >= 15 is 0 Å². The van der Waals surface area contributed by atoms with Gasteiger partial charge in [0.2, 0.25) is 5.91 Å². The van der Waals surface area contributed by atoms with Crippen molar-refractivity contribution in [2.24, 2.45) is 0 Å². The molecular formula is C27H30N2O3S. The molecule has 1 unspecified atom stereocenters. The van der Waals surface area contributed by atoms with Gasteiger partial charge in [-0.2, -0.15) is 0 Å². The molecule has 0 spiro atoms. The van der Waals surface area contributed by atoms with E-state index in [-0.39, 0.29) is 24.4 Å². The van der Waals surface area contributed by atoms with Crippen LogP contribution in [0.3, 0.4) is 0 Å². The van der Waals surface area contributed by atoms with E-state index in [0.717, 1.165) is 29.7 Å². The fourth-order valence-corrected chi connectivity index (χ4v) is 5.15. The summed E-state index contributed by atoms with van der Waals surface area (Å²) < 4.78 is 6.06. The van der Waals surface area contributed by atoms with Crippen LogP contribution in [0.1, 0.15) is 45.7 Å². The zero-order chi connectivity index (χ0) is 23.2. The predicted molar refractivity (Wildman–Crippen MR) is 132 cm³/mol. The number of ether oxygens (including phenoxy) is 1. The molecule has 3 aromatic rings. The predicted octanol–water partition coefficient (Wildman–Crippen LogP) is 5.11. The SMILES string of the molecule is CCCN(CC(=O)N1CCc2sccc2C1COc1ccccc1)C(=O)c1ccc(C)cc1. The molecule has 0 bridgehead atoms. The average Bonchev–Trinajstić information content (AvgIpc) is 3.32.